The van der Waals surface area contributed by atoms with E-state index in [0.717, 1.165) is 35.7 Å². The van der Waals surface area contributed by atoms with Gasteiger partial charge in [-0.1, -0.05) is 12.2 Å². The highest BCUT2D eigenvalue weighted by molar-refractivity contribution is 5.88. The van der Waals surface area contributed by atoms with Gasteiger partial charge >= 0.3 is 0 Å². The second-order valence-corrected chi connectivity index (χ2v) is 5.14. The van der Waals surface area contributed by atoms with Crippen LogP contribution in [0, 0.1) is 0 Å². The molecular weight excluding hydrogens is 276 g/mol. The fraction of sp³-hybridized carbons (Fsp3) is 0.176. The van der Waals surface area contributed by atoms with E-state index in [0.29, 0.717) is 0 Å². The fourth-order valence-corrected chi connectivity index (χ4v) is 2.29. The number of anilines is 3. The molecule has 0 saturated heterocycles. The maximum atomic E-state index is 11.0. The summed E-state index contributed by atoms with van der Waals surface area (Å²) in [7, 11) is 0. The minimum atomic E-state index is -0.0757. The van der Waals surface area contributed by atoms with Gasteiger partial charge in [0.2, 0.25) is 5.91 Å². The van der Waals surface area contributed by atoms with Crippen LogP contribution in [0.15, 0.2) is 54.8 Å². The van der Waals surface area contributed by atoms with E-state index >= 15 is 0 Å². The van der Waals surface area contributed by atoms with E-state index in [1.54, 1.807) is 0 Å². The van der Waals surface area contributed by atoms with Crippen LogP contribution in [0.25, 0.3) is 5.70 Å². The summed E-state index contributed by atoms with van der Waals surface area (Å²) in [4.78, 5) is 11.0. The third kappa shape index (κ3) is 3.44. The van der Waals surface area contributed by atoms with Gasteiger partial charge in [0.05, 0.1) is 5.70 Å². The molecule has 112 valence electrons. The number of aromatic nitrogens is 2. The lowest BCUT2D eigenvalue weighted by Crippen LogP contribution is -2.05. The molecule has 5 nitrogen and oxygen atoms in total. The Morgan fingerprint density at radius 1 is 1.14 bits per heavy atom. The van der Waals surface area contributed by atoms with Gasteiger partial charge in [0.15, 0.2) is 5.82 Å². The Labute approximate surface area is 129 Å². The second kappa shape index (κ2) is 6.30. The molecular formula is C17H18N4O. The number of hydrogen-bond donors (Lipinski definition) is 2. The molecule has 22 heavy (non-hydrogen) atoms. The summed E-state index contributed by atoms with van der Waals surface area (Å²) < 4.78 is 1.86. The quantitative estimate of drug-likeness (QED) is 0.902. The number of carbonyl (C=O) groups is 1. The van der Waals surface area contributed by atoms with E-state index in [9.17, 15) is 4.79 Å². The molecule has 1 aromatic heterocycles. The van der Waals surface area contributed by atoms with Gasteiger partial charge in [-0.2, -0.15) is 5.10 Å². The average molecular weight is 294 g/mol. The minimum Gasteiger partial charge on any atom is -0.339 e. The highest BCUT2D eigenvalue weighted by Gasteiger charge is 2.04. The van der Waals surface area contributed by atoms with Crippen molar-refractivity contribution in [1.29, 1.82) is 0 Å². The topological polar surface area (TPSA) is 59.0 Å². The second-order valence-electron chi connectivity index (χ2n) is 5.14. The Morgan fingerprint density at radius 2 is 1.91 bits per heavy atom. The molecule has 0 spiro atoms. The summed E-state index contributed by atoms with van der Waals surface area (Å²) >= 11 is 0. The van der Waals surface area contributed by atoms with Crippen LogP contribution in [-0.2, 0) is 4.79 Å². The molecule has 1 heterocycles. The number of nitrogens with zero attached hydrogens (tertiary/aromatic N) is 2. The van der Waals surface area contributed by atoms with Crippen LogP contribution >= 0.6 is 0 Å². The molecule has 0 atom stereocenters. The molecule has 1 aliphatic carbocycles. The zero-order valence-electron chi connectivity index (χ0n) is 12.4. The predicted octanol–water partition coefficient (Wildman–Crippen LogP) is 3.78. The average Bonchev–Trinajstić information content (AvgIpc) is 2.98. The van der Waals surface area contributed by atoms with Gasteiger partial charge in [0, 0.05) is 30.6 Å². The molecule has 0 saturated carbocycles. The Hall–Kier alpha value is -2.82. The summed E-state index contributed by atoms with van der Waals surface area (Å²) in [6.45, 7) is 1.49. The predicted molar refractivity (Wildman–Crippen MR) is 88.9 cm³/mol. The normalized spacial score (nSPS) is 13.6. The van der Waals surface area contributed by atoms with E-state index in [1.165, 1.54) is 6.92 Å². The number of hydrogen-bond acceptors (Lipinski definition) is 3. The van der Waals surface area contributed by atoms with Crippen LogP contribution in [-0.4, -0.2) is 15.7 Å². The lowest BCUT2D eigenvalue weighted by atomic mass is 10.1. The van der Waals surface area contributed by atoms with E-state index in [-0.39, 0.29) is 5.91 Å². The maximum Gasteiger partial charge on any atom is 0.221 e. The van der Waals surface area contributed by atoms with Crippen molar-refractivity contribution in [2.75, 3.05) is 10.6 Å². The van der Waals surface area contributed by atoms with E-state index in [4.69, 9.17) is 0 Å². The number of benzene rings is 1. The molecule has 0 radical (unpaired) electrons. The molecule has 0 fully saturated rings. The first-order valence-electron chi connectivity index (χ1n) is 7.28. The molecule has 1 aromatic carbocycles. The van der Waals surface area contributed by atoms with Gasteiger partial charge in [-0.15, -0.1) is 0 Å². The van der Waals surface area contributed by atoms with Crippen molar-refractivity contribution < 1.29 is 4.79 Å². The van der Waals surface area contributed by atoms with Crippen LogP contribution in [0.3, 0.4) is 0 Å². The van der Waals surface area contributed by atoms with Crippen molar-refractivity contribution in [2.24, 2.45) is 0 Å². The maximum absolute atomic E-state index is 11.0. The molecule has 2 N–H and O–H groups in total. The van der Waals surface area contributed by atoms with Gasteiger partial charge in [-0.25, -0.2) is 4.68 Å². The number of carbonyl (C=O) groups excluding carboxylic acids is 1. The van der Waals surface area contributed by atoms with Crippen molar-refractivity contribution >= 4 is 28.8 Å². The van der Waals surface area contributed by atoms with Crippen molar-refractivity contribution in [2.45, 2.75) is 19.8 Å². The summed E-state index contributed by atoms with van der Waals surface area (Å²) in [6.07, 6.45) is 10.5. The first-order chi connectivity index (χ1) is 10.7. The summed E-state index contributed by atoms with van der Waals surface area (Å²) in [6, 6.07) is 9.46. The van der Waals surface area contributed by atoms with Crippen molar-refractivity contribution in [3.63, 3.8) is 0 Å². The molecule has 0 bridgehead atoms. The van der Waals surface area contributed by atoms with Gasteiger partial charge in [-0.3, -0.25) is 4.79 Å². The Morgan fingerprint density at radius 3 is 2.59 bits per heavy atom. The number of amides is 1. The molecule has 1 amide bonds. The first kappa shape index (κ1) is 14.1. The highest BCUT2D eigenvalue weighted by atomic mass is 16.1. The van der Waals surface area contributed by atoms with E-state index in [2.05, 4.69) is 34.0 Å². The Kier molecular flexibility index (Phi) is 4.05. The smallest absolute Gasteiger partial charge is 0.221 e. The Bertz CT molecular complexity index is 725. The van der Waals surface area contributed by atoms with Crippen LogP contribution < -0.4 is 10.6 Å². The lowest BCUT2D eigenvalue weighted by molar-refractivity contribution is -0.114. The molecule has 2 aromatic rings. The van der Waals surface area contributed by atoms with Crippen LogP contribution in [0.4, 0.5) is 17.2 Å². The number of rotatable bonds is 4. The molecule has 0 unspecified atom stereocenters. The SMILES string of the molecule is CC(=O)Nc1ccc(Nc2ccn(C3=CCCC=C3)n2)cc1. The standard InChI is InChI=1S/C17H18N4O/c1-13(22)18-14-7-9-15(10-8-14)19-17-11-12-21(20-17)16-5-3-2-4-6-16/h3,5-12H,2,4H2,1H3,(H,18,22)(H,19,20). The van der Waals surface area contributed by atoms with Crippen molar-refractivity contribution in [3.05, 3.63) is 54.8 Å². The van der Waals surface area contributed by atoms with Gasteiger partial charge in [0.1, 0.15) is 0 Å². The third-order valence-electron chi connectivity index (χ3n) is 3.31. The van der Waals surface area contributed by atoms with Crippen LogP contribution in [0.1, 0.15) is 19.8 Å². The summed E-state index contributed by atoms with van der Waals surface area (Å²) in [5.74, 6) is 0.709. The molecule has 1 aliphatic rings. The van der Waals surface area contributed by atoms with Gasteiger partial charge in [0.25, 0.3) is 0 Å². The monoisotopic (exact) mass is 294 g/mol. The summed E-state index contributed by atoms with van der Waals surface area (Å²) in [5.41, 5.74) is 2.80. The first-order valence-corrected chi connectivity index (χ1v) is 7.28. The van der Waals surface area contributed by atoms with Crippen molar-refractivity contribution in [1.82, 2.24) is 9.78 Å². The zero-order valence-corrected chi connectivity index (χ0v) is 12.4. The molecule has 5 heteroatoms. The molecule has 3 rings (SSSR count). The van der Waals surface area contributed by atoms with Crippen LogP contribution in [0.2, 0.25) is 0 Å². The van der Waals surface area contributed by atoms with Crippen molar-refractivity contribution in [3.8, 4) is 0 Å². The number of allylic oxidation sites excluding steroid dienone is 4. The zero-order chi connectivity index (χ0) is 15.4. The fourth-order valence-electron chi connectivity index (χ4n) is 2.29. The summed E-state index contributed by atoms with van der Waals surface area (Å²) in [5, 5.41) is 10.5. The Balaban J connectivity index is 1.68. The van der Waals surface area contributed by atoms with Crippen LogP contribution in [0.5, 0.6) is 0 Å². The largest absolute Gasteiger partial charge is 0.339 e. The highest BCUT2D eigenvalue weighted by Crippen LogP contribution is 2.20. The number of nitrogens with one attached hydrogen (secondary N) is 2. The van der Waals surface area contributed by atoms with Gasteiger partial charge < -0.3 is 10.6 Å². The van der Waals surface area contributed by atoms with Gasteiger partial charge in [-0.05, 0) is 43.2 Å². The third-order valence-corrected chi connectivity index (χ3v) is 3.31. The molecule has 0 aliphatic heterocycles. The van der Waals surface area contributed by atoms with E-state index in [1.807, 2.05) is 41.2 Å². The minimum absolute atomic E-state index is 0.0757. The van der Waals surface area contributed by atoms with E-state index < -0.39 is 0 Å². The lowest BCUT2D eigenvalue weighted by Gasteiger charge is -2.07.